The molecule has 0 unspecified atom stereocenters. The van der Waals surface area contributed by atoms with E-state index < -0.39 is 23.6 Å². The maximum absolute atomic E-state index is 13.2. The number of ether oxygens (including phenoxy) is 1. The van der Waals surface area contributed by atoms with Crippen LogP contribution in [0.4, 0.5) is 4.79 Å². The molecule has 0 saturated carbocycles. The molecule has 1 aliphatic rings. The van der Waals surface area contributed by atoms with E-state index >= 15 is 0 Å². The van der Waals surface area contributed by atoms with Crippen LogP contribution in [0.3, 0.4) is 0 Å². The van der Waals surface area contributed by atoms with Gasteiger partial charge in [-0.15, -0.1) is 5.10 Å². The summed E-state index contributed by atoms with van der Waals surface area (Å²) in [6.07, 6.45) is 0.397. The Morgan fingerprint density at radius 1 is 1.16 bits per heavy atom. The number of hydrogen-bond donors (Lipinski definition) is 2. The van der Waals surface area contributed by atoms with Crippen LogP contribution in [0.15, 0.2) is 48.8 Å². The highest BCUT2D eigenvalue weighted by Crippen LogP contribution is 2.30. The highest BCUT2D eigenvalue weighted by molar-refractivity contribution is 6.07. The largest absolute Gasteiger partial charge is 0.490 e. The van der Waals surface area contributed by atoms with E-state index in [9.17, 15) is 14.7 Å². The van der Waals surface area contributed by atoms with Crippen LogP contribution >= 0.6 is 0 Å². The first kappa shape index (κ1) is 21.4. The van der Waals surface area contributed by atoms with Gasteiger partial charge in [-0.1, -0.05) is 30.3 Å². The van der Waals surface area contributed by atoms with Crippen molar-refractivity contribution in [2.24, 2.45) is 0 Å². The monoisotopic (exact) mass is 436 g/mol. The molecule has 0 radical (unpaired) electrons. The number of carbonyl (C=O) groups is 2. The number of benzene rings is 2. The van der Waals surface area contributed by atoms with E-state index in [0.717, 1.165) is 16.0 Å². The summed E-state index contributed by atoms with van der Waals surface area (Å²) in [5.41, 5.74) is 1.84. The molecule has 2 N–H and O–H groups in total. The number of rotatable bonds is 7. The fourth-order valence-electron chi connectivity index (χ4n) is 3.77. The van der Waals surface area contributed by atoms with Crippen molar-refractivity contribution >= 4 is 11.9 Å². The van der Waals surface area contributed by atoms with Crippen molar-refractivity contribution in [2.45, 2.75) is 32.4 Å². The number of para-hydroxylation sites is 1. The summed E-state index contributed by atoms with van der Waals surface area (Å²) in [7, 11) is 0. The molecule has 32 heavy (non-hydrogen) atoms. The first-order valence-corrected chi connectivity index (χ1v) is 10.1. The molecule has 3 amide bonds. The van der Waals surface area contributed by atoms with Gasteiger partial charge >= 0.3 is 6.03 Å². The molecule has 1 aromatic heterocycles. The number of aliphatic hydroxyl groups is 1. The van der Waals surface area contributed by atoms with Gasteiger partial charge in [0.2, 0.25) is 0 Å². The second-order valence-corrected chi connectivity index (χ2v) is 7.96. The van der Waals surface area contributed by atoms with Crippen molar-refractivity contribution in [3.05, 3.63) is 65.5 Å². The fraction of sp³-hybridized carbons (Fsp3) is 0.318. The van der Waals surface area contributed by atoms with Gasteiger partial charge in [0.1, 0.15) is 30.3 Å². The molecule has 0 spiro atoms. The Labute approximate surface area is 184 Å². The van der Waals surface area contributed by atoms with Gasteiger partial charge in [0.25, 0.3) is 5.91 Å². The van der Waals surface area contributed by atoms with Crippen molar-refractivity contribution < 1.29 is 19.4 Å². The Kier molecular flexibility index (Phi) is 5.62. The lowest BCUT2D eigenvalue weighted by Crippen LogP contribution is -2.42. The summed E-state index contributed by atoms with van der Waals surface area (Å²) < 4.78 is 7.22. The molecule has 10 heteroatoms. The zero-order valence-electron chi connectivity index (χ0n) is 18.0. The van der Waals surface area contributed by atoms with Gasteiger partial charge in [-0.2, -0.15) is 0 Å². The minimum Gasteiger partial charge on any atom is -0.490 e. The van der Waals surface area contributed by atoms with E-state index in [1.165, 1.54) is 11.0 Å². The lowest BCUT2D eigenvalue weighted by molar-refractivity contribution is -0.132. The number of aryl methyl sites for hydroxylation is 2. The van der Waals surface area contributed by atoms with E-state index in [1.54, 1.807) is 31.2 Å². The number of β-amino-alcohol motifs (C(OH)–C–C–N with tert-alkyl or cyclic N) is 1. The van der Waals surface area contributed by atoms with Crippen LogP contribution in [-0.4, -0.2) is 61.4 Å². The van der Waals surface area contributed by atoms with Crippen LogP contribution in [0.5, 0.6) is 5.75 Å². The van der Waals surface area contributed by atoms with Gasteiger partial charge in [0.15, 0.2) is 0 Å². The Morgan fingerprint density at radius 3 is 2.56 bits per heavy atom. The topological polar surface area (TPSA) is 122 Å². The summed E-state index contributed by atoms with van der Waals surface area (Å²) in [4.78, 5) is 26.8. The van der Waals surface area contributed by atoms with Gasteiger partial charge < -0.3 is 15.2 Å². The summed E-state index contributed by atoms with van der Waals surface area (Å²) >= 11 is 0. The predicted octanol–water partition coefficient (Wildman–Crippen LogP) is 1.49. The first-order chi connectivity index (χ1) is 15.3. The van der Waals surface area contributed by atoms with Crippen LogP contribution in [-0.2, 0) is 10.3 Å². The third-order valence-electron chi connectivity index (χ3n) is 5.53. The predicted molar refractivity (Wildman–Crippen MR) is 114 cm³/mol. The molecular weight excluding hydrogens is 412 g/mol. The zero-order chi connectivity index (χ0) is 22.9. The second kappa shape index (κ2) is 8.39. The summed E-state index contributed by atoms with van der Waals surface area (Å²) in [6, 6.07) is 12.2. The smallest absolute Gasteiger partial charge is 0.325 e. The number of urea groups is 1. The maximum Gasteiger partial charge on any atom is 0.325 e. The summed E-state index contributed by atoms with van der Waals surface area (Å²) in [5, 5.41) is 24.3. The Balaban J connectivity index is 1.47. The molecule has 2 atom stereocenters. The van der Waals surface area contributed by atoms with Crippen molar-refractivity contribution in [3.63, 3.8) is 0 Å². The molecule has 0 aliphatic carbocycles. The number of tetrazole rings is 1. The number of carbonyl (C=O) groups excluding carboxylic acids is 2. The molecule has 1 fully saturated rings. The van der Waals surface area contributed by atoms with Gasteiger partial charge in [0.05, 0.1) is 12.2 Å². The van der Waals surface area contributed by atoms with E-state index in [1.807, 2.05) is 32.0 Å². The molecule has 1 saturated heterocycles. The lowest BCUT2D eigenvalue weighted by Gasteiger charge is -2.23. The molecule has 10 nitrogen and oxygen atoms in total. The Morgan fingerprint density at radius 2 is 1.88 bits per heavy atom. The normalized spacial score (nSPS) is 19.2. The van der Waals surface area contributed by atoms with Crippen molar-refractivity contribution in [2.75, 3.05) is 13.2 Å². The second-order valence-electron chi connectivity index (χ2n) is 7.96. The molecule has 166 valence electrons. The minimum absolute atomic E-state index is 0.0474. The van der Waals surface area contributed by atoms with Crippen molar-refractivity contribution in [3.8, 4) is 11.4 Å². The van der Waals surface area contributed by atoms with E-state index in [-0.39, 0.29) is 13.2 Å². The lowest BCUT2D eigenvalue weighted by atomic mass is 9.91. The summed E-state index contributed by atoms with van der Waals surface area (Å²) in [5.74, 6) is 0.232. The first-order valence-electron chi connectivity index (χ1n) is 10.1. The van der Waals surface area contributed by atoms with E-state index in [0.29, 0.717) is 17.0 Å². The standard InChI is InChI=1S/C22H24N6O4/c1-14-6-4-7-15(2)19(14)32-12-18(29)11-27-20(30)22(3,24-21(27)31)16-8-5-9-17(10-16)28-13-23-25-26-28/h4-10,13,18,29H,11-12H2,1-3H3,(H,24,31)/t18-,22+/m0/s1. The quantitative estimate of drug-likeness (QED) is 0.538. The van der Waals surface area contributed by atoms with Crippen molar-refractivity contribution in [1.29, 1.82) is 0 Å². The Hall–Kier alpha value is -3.79. The molecule has 2 aromatic carbocycles. The van der Waals surface area contributed by atoms with Crippen LogP contribution in [0.25, 0.3) is 5.69 Å². The van der Waals surface area contributed by atoms with Gasteiger partial charge in [0, 0.05) is 0 Å². The molecule has 1 aliphatic heterocycles. The average Bonchev–Trinajstić information content (AvgIpc) is 3.38. The number of nitrogens with zero attached hydrogens (tertiary/aromatic N) is 5. The molecule has 2 heterocycles. The van der Waals surface area contributed by atoms with Gasteiger partial charge in [-0.05, 0) is 60.0 Å². The number of aliphatic hydroxyl groups excluding tert-OH is 1. The maximum atomic E-state index is 13.2. The number of hydrogen-bond acceptors (Lipinski definition) is 7. The van der Waals surface area contributed by atoms with Gasteiger partial charge in [-0.25, -0.2) is 9.48 Å². The zero-order valence-corrected chi connectivity index (χ0v) is 18.0. The molecular formula is C22H24N6O4. The highest BCUT2D eigenvalue weighted by Gasteiger charge is 2.49. The molecule has 0 bridgehead atoms. The summed E-state index contributed by atoms with van der Waals surface area (Å²) in [6.45, 7) is 5.24. The van der Waals surface area contributed by atoms with Gasteiger partial charge in [-0.3, -0.25) is 9.69 Å². The number of amides is 3. The minimum atomic E-state index is -1.28. The van der Waals surface area contributed by atoms with E-state index in [2.05, 4.69) is 20.8 Å². The van der Waals surface area contributed by atoms with Crippen LogP contribution < -0.4 is 10.1 Å². The molecule has 4 rings (SSSR count). The van der Waals surface area contributed by atoms with E-state index in [4.69, 9.17) is 4.74 Å². The number of aromatic nitrogens is 4. The van der Waals surface area contributed by atoms with Crippen molar-refractivity contribution in [1.82, 2.24) is 30.4 Å². The highest BCUT2D eigenvalue weighted by atomic mass is 16.5. The fourth-order valence-corrected chi connectivity index (χ4v) is 3.77. The average molecular weight is 436 g/mol. The van der Waals surface area contributed by atoms with Crippen LogP contribution in [0.1, 0.15) is 23.6 Å². The molecule has 3 aromatic rings. The van der Waals surface area contributed by atoms with Crippen LogP contribution in [0, 0.1) is 13.8 Å². The number of nitrogens with one attached hydrogen (secondary N) is 1. The Bertz CT molecular complexity index is 1130. The number of imide groups is 1. The van der Waals surface area contributed by atoms with Crippen LogP contribution in [0.2, 0.25) is 0 Å². The third-order valence-corrected chi connectivity index (χ3v) is 5.53. The SMILES string of the molecule is Cc1cccc(C)c1OC[C@@H](O)CN1C(=O)N[C@](C)(c2cccc(-n3cnnn3)c2)C1=O. The third kappa shape index (κ3) is 3.92.